The van der Waals surface area contributed by atoms with Crippen LogP contribution in [0.15, 0.2) is 12.1 Å². The number of hydrogen-bond donors (Lipinski definition) is 1. The zero-order chi connectivity index (χ0) is 18.0. The summed E-state index contributed by atoms with van der Waals surface area (Å²) < 4.78 is 0. The van der Waals surface area contributed by atoms with Crippen LogP contribution in [-0.2, 0) is 4.79 Å². The van der Waals surface area contributed by atoms with Crippen LogP contribution in [0.25, 0.3) is 0 Å². The van der Waals surface area contributed by atoms with Crippen molar-refractivity contribution in [2.24, 2.45) is 11.7 Å². The number of piperidine rings is 1. The minimum atomic E-state index is -0.594. The van der Waals surface area contributed by atoms with Crippen LogP contribution in [-0.4, -0.2) is 59.2 Å². The number of rotatable bonds is 3. The molecule has 0 radical (unpaired) electrons. The summed E-state index contributed by atoms with van der Waals surface area (Å²) in [5, 5.41) is 0. The lowest BCUT2D eigenvalue weighted by Crippen LogP contribution is -2.52. The fraction of sp³-hybridized carbons (Fsp3) is 0.529. The van der Waals surface area contributed by atoms with Gasteiger partial charge in [-0.15, -0.1) is 0 Å². The molecule has 2 heterocycles. The summed E-state index contributed by atoms with van der Waals surface area (Å²) in [4.78, 5) is 43.7. The smallest absolute Gasteiger partial charge is 0.271 e. The standard InChI is InChI=1S/C17H24N4O3/c1-10-7-8-21(14(9-10)15(18)22)16(23)12-5-6-13(19-11(12)2)17(24)20(3)4/h5-6,10,14H,7-9H2,1-4H3,(H2,18,22). The zero-order valence-electron chi connectivity index (χ0n) is 14.6. The van der Waals surface area contributed by atoms with Crippen molar-refractivity contribution in [3.05, 3.63) is 29.1 Å². The highest BCUT2D eigenvalue weighted by atomic mass is 16.2. The maximum Gasteiger partial charge on any atom is 0.271 e. The molecule has 1 aliphatic rings. The lowest BCUT2D eigenvalue weighted by Gasteiger charge is -2.36. The maximum absolute atomic E-state index is 12.8. The van der Waals surface area contributed by atoms with Crippen molar-refractivity contribution in [2.75, 3.05) is 20.6 Å². The number of nitrogens with two attached hydrogens (primary N) is 1. The van der Waals surface area contributed by atoms with E-state index in [2.05, 4.69) is 4.98 Å². The van der Waals surface area contributed by atoms with Crippen molar-refractivity contribution in [1.82, 2.24) is 14.8 Å². The molecule has 130 valence electrons. The molecule has 0 spiro atoms. The molecular formula is C17H24N4O3. The minimum Gasteiger partial charge on any atom is -0.368 e. The minimum absolute atomic E-state index is 0.223. The molecule has 24 heavy (non-hydrogen) atoms. The topological polar surface area (TPSA) is 96.6 Å². The summed E-state index contributed by atoms with van der Waals surface area (Å²) in [6, 6.07) is 2.54. The molecule has 2 N–H and O–H groups in total. The lowest BCUT2D eigenvalue weighted by atomic mass is 9.91. The maximum atomic E-state index is 12.8. The molecular weight excluding hydrogens is 308 g/mol. The van der Waals surface area contributed by atoms with Crippen molar-refractivity contribution >= 4 is 17.7 Å². The molecule has 0 aromatic carbocycles. The first kappa shape index (κ1) is 17.9. The van der Waals surface area contributed by atoms with E-state index in [1.807, 2.05) is 6.92 Å². The van der Waals surface area contributed by atoms with Gasteiger partial charge in [-0.2, -0.15) is 0 Å². The normalized spacial score (nSPS) is 20.6. The Kier molecular flexibility index (Phi) is 5.21. The van der Waals surface area contributed by atoms with E-state index in [0.29, 0.717) is 30.1 Å². The van der Waals surface area contributed by atoms with Crippen LogP contribution in [0, 0.1) is 12.8 Å². The Labute approximate surface area is 141 Å². The Hall–Kier alpha value is -2.44. The monoisotopic (exact) mass is 332 g/mol. The van der Waals surface area contributed by atoms with Crippen LogP contribution in [0.2, 0.25) is 0 Å². The van der Waals surface area contributed by atoms with E-state index < -0.39 is 11.9 Å². The predicted octanol–water partition coefficient (Wildman–Crippen LogP) is 0.818. The molecule has 0 saturated carbocycles. The first-order valence-corrected chi connectivity index (χ1v) is 8.02. The summed E-state index contributed by atoms with van der Waals surface area (Å²) in [7, 11) is 3.29. The number of nitrogens with zero attached hydrogens (tertiary/aromatic N) is 3. The molecule has 3 amide bonds. The number of hydrogen-bond acceptors (Lipinski definition) is 4. The van der Waals surface area contributed by atoms with Crippen molar-refractivity contribution in [3.63, 3.8) is 0 Å². The molecule has 2 atom stereocenters. The second-order valence-electron chi connectivity index (χ2n) is 6.58. The Bertz CT molecular complexity index is 672. The van der Waals surface area contributed by atoms with E-state index >= 15 is 0 Å². The Morgan fingerprint density at radius 2 is 1.96 bits per heavy atom. The van der Waals surface area contributed by atoms with Gasteiger partial charge in [0, 0.05) is 20.6 Å². The Morgan fingerprint density at radius 3 is 2.50 bits per heavy atom. The number of amides is 3. The molecule has 1 fully saturated rings. The molecule has 1 aliphatic heterocycles. The second-order valence-corrected chi connectivity index (χ2v) is 6.58. The molecule has 7 nitrogen and oxygen atoms in total. The highest BCUT2D eigenvalue weighted by molar-refractivity contribution is 5.99. The number of carbonyl (C=O) groups excluding carboxylic acids is 3. The zero-order valence-corrected chi connectivity index (χ0v) is 14.6. The van der Waals surface area contributed by atoms with Gasteiger partial charge in [0.25, 0.3) is 11.8 Å². The van der Waals surface area contributed by atoms with Crippen LogP contribution in [0.3, 0.4) is 0 Å². The van der Waals surface area contributed by atoms with E-state index in [0.717, 1.165) is 6.42 Å². The fourth-order valence-corrected chi connectivity index (χ4v) is 2.94. The van der Waals surface area contributed by atoms with Crippen LogP contribution in [0.1, 0.15) is 46.3 Å². The summed E-state index contributed by atoms with van der Waals surface area (Å²) >= 11 is 0. The summed E-state index contributed by atoms with van der Waals surface area (Å²) in [6.07, 6.45) is 1.41. The highest BCUT2D eigenvalue weighted by Crippen LogP contribution is 2.24. The molecule has 2 unspecified atom stereocenters. The third-order valence-corrected chi connectivity index (χ3v) is 4.40. The molecule has 7 heteroatoms. The van der Waals surface area contributed by atoms with Gasteiger partial charge < -0.3 is 15.5 Å². The van der Waals surface area contributed by atoms with Gasteiger partial charge in [-0.3, -0.25) is 14.4 Å². The number of aromatic nitrogens is 1. The molecule has 0 bridgehead atoms. The summed E-state index contributed by atoms with van der Waals surface area (Å²) in [5.74, 6) is -0.621. The molecule has 1 saturated heterocycles. The van der Waals surface area contributed by atoms with Crippen molar-refractivity contribution in [2.45, 2.75) is 32.7 Å². The van der Waals surface area contributed by atoms with Crippen LogP contribution >= 0.6 is 0 Å². The highest BCUT2D eigenvalue weighted by Gasteiger charge is 2.34. The van der Waals surface area contributed by atoms with Gasteiger partial charge in [-0.05, 0) is 37.8 Å². The summed E-state index contributed by atoms with van der Waals surface area (Å²) in [6.45, 7) is 4.23. The number of primary amides is 1. The van der Waals surface area contributed by atoms with E-state index in [9.17, 15) is 14.4 Å². The van der Waals surface area contributed by atoms with Crippen molar-refractivity contribution < 1.29 is 14.4 Å². The average Bonchev–Trinajstić information content (AvgIpc) is 2.53. The molecule has 1 aromatic heterocycles. The van der Waals surface area contributed by atoms with E-state index in [1.54, 1.807) is 27.1 Å². The Balaban J connectivity index is 2.29. The molecule has 1 aromatic rings. The molecule has 2 rings (SSSR count). The van der Waals surface area contributed by atoms with Gasteiger partial charge in [-0.1, -0.05) is 6.92 Å². The van der Waals surface area contributed by atoms with Gasteiger partial charge in [0.2, 0.25) is 5.91 Å². The van der Waals surface area contributed by atoms with Gasteiger partial charge in [0.05, 0.1) is 11.3 Å². The average molecular weight is 332 g/mol. The predicted molar refractivity (Wildman–Crippen MR) is 89.4 cm³/mol. The number of likely N-dealkylation sites (tertiary alicyclic amines) is 1. The van der Waals surface area contributed by atoms with Gasteiger partial charge in [0.1, 0.15) is 11.7 Å². The summed E-state index contributed by atoms with van der Waals surface area (Å²) in [5.41, 5.74) is 6.62. The van der Waals surface area contributed by atoms with Crippen LogP contribution in [0.4, 0.5) is 0 Å². The first-order chi connectivity index (χ1) is 11.2. The lowest BCUT2D eigenvalue weighted by molar-refractivity contribution is -0.124. The van der Waals surface area contributed by atoms with Crippen molar-refractivity contribution in [1.29, 1.82) is 0 Å². The number of aryl methyl sites for hydroxylation is 1. The van der Waals surface area contributed by atoms with E-state index in [1.165, 1.54) is 15.9 Å². The second kappa shape index (κ2) is 6.98. The molecule has 0 aliphatic carbocycles. The third-order valence-electron chi connectivity index (χ3n) is 4.40. The quantitative estimate of drug-likeness (QED) is 0.886. The van der Waals surface area contributed by atoms with E-state index in [4.69, 9.17) is 5.73 Å². The Morgan fingerprint density at radius 1 is 1.29 bits per heavy atom. The van der Waals surface area contributed by atoms with Crippen LogP contribution < -0.4 is 5.73 Å². The SMILES string of the molecule is Cc1nc(C(=O)N(C)C)ccc1C(=O)N1CCC(C)CC1C(N)=O. The fourth-order valence-electron chi connectivity index (χ4n) is 2.94. The van der Waals surface area contributed by atoms with Gasteiger partial charge in [-0.25, -0.2) is 4.98 Å². The van der Waals surface area contributed by atoms with Crippen LogP contribution in [0.5, 0.6) is 0 Å². The number of pyridine rings is 1. The van der Waals surface area contributed by atoms with Gasteiger partial charge >= 0.3 is 0 Å². The first-order valence-electron chi connectivity index (χ1n) is 8.02. The van der Waals surface area contributed by atoms with Gasteiger partial charge in [0.15, 0.2) is 0 Å². The van der Waals surface area contributed by atoms with Crippen molar-refractivity contribution in [3.8, 4) is 0 Å². The van der Waals surface area contributed by atoms with E-state index in [-0.39, 0.29) is 17.5 Å². The largest absolute Gasteiger partial charge is 0.368 e. The third kappa shape index (κ3) is 3.55. The number of carbonyl (C=O) groups is 3.